The topological polar surface area (TPSA) is 73.2 Å². The number of aromatic nitrogens is 2. The molecule has 0 fully saturated rings. The second-order valence-corrected chi connectivity index (χ2v) is 6.48. The van der Waals surface area contributed by atoms with E-state index in [1.807, 2.05) is 0 Å². The third kappa shape index (κ3) is 3.05. The zero-order chi connectivity index (χ0) is 19.7. The Morgan fingerprint density at radius 3 is 2.64 bits per heavy atom. The Hall–Kier alpha value is -3.48. The third-order valence-corrected chi connectivity index (χ3v) is 4.81. The molecule has 4 rings (SSSR count). The van der Waals surface area contributed by atoms with Gasteiger partial charge in [0.2, 0.25) is 0 Å². The summed E-state index contributed by atoms with van der Waals surface area (Å²) in [5.74, 6) is -1.38. The summed E-state index contributed by atoms with van der Waals surface area (Å²) >= 11 is 0. The highest BCUT2D eigenvalue weighted by Gasteiger charge is 2.28. The summed E-state index contributed by atoms with van der Waals surface area (Å²) in [6.45, 7) is 0. The van der Waals surface area contributed by atoms with E-state index in [0.717, 1.165) is 24.1 Å². The van der Waals surface area contributed by atoms with Gasteiger partial charge in [0, 0.05) is 11.3 Å². The van der Waals surface area contributed by atoms with E-state index in [9.17, 15) is 14.0 Å². The summed E-state index contributed by atoms with van der Waals surface area (Å²) in [5.41, 5.74) is 2.81. The van der Waals surface area contributed by atoms with E-state index in [2.05, 4.69) is 10.4 Å². The van der Waals surface area contributed by atoms with Crippen molar-refractivity contribution in [2.75, 3.05) is 12.4 Å². The van der Waals surface area contributed by atoms with E-state index in [1.165, 1.54) is 17.9 Å². The third-order valence-electron chi connectivity index (χ3n) is 4.81. The largest absolute Gasteiger partial charge is 0.465 e. The summed E-state index contributed by atoms with van der Waals surface area (Å²) in [6.07, 6.45) is 2.30. The molecule has 0 saturated carbocycles. The molecule has 1 aromatic heterocycles. The number of methoxy groups -OCH3 is 1. The van der Waals surface area contributed by atoms with Crippen LogP contribution < -0.4 is 5.32 Å². The normalized spacial score (nSPS) is 12.5. The van der Waals surface area contributed by atoms with Gasteiger partial charge in [0.25, 0.3) is 5.91 Å². The van der Waals surface area contributed by atoms with Gasteiger partial charge in [-0.15, -0.1) is 0 Å². The Balaban J connectivity index is 1.72. The molecule has 1 aliphatic rings. The van der Waals surface area contributed by atoms with Crippen LogP contribution in [-0.2, 0) is 17.6 Å². The van der Waals surface area contributed by atoms with E-state index in [1.54, 1.807) is 42.5 Å². The van der Waals surface area contributed by atoms with Crippen molar-refractivity contribution in [3.8, 4) is 5.69 Å². The highest BCUT2D eigenvalue weighted by Crippen LogP contribution is 2.29. The molecule has 0 unspecified atom stereocenters. The molecule has 1 heterocycles. The average Bonchev–Trinajstić information content (AvgIpc) is 3.31. The summed E-state index contributed by atoms with van der Waals surface area (Å²) < 4.78 is 20.5. The predicted molar refractivity (Wildman–Crippen MR) is 101 cm³/mol. The van der Waals surface area contributed by atoms with Crippen LogP contribution in [0.25, 0.3) is 5.69 Å². The summed E-state index contributed by atoms with van der Waals surface area (Å²) in [6, 6.07) is 12.9. The van der Waals surface area contributed by atoms with E-state index < -0.39 is 17.7 Å². The van der Waals surface area contributed by atoms with Gasteiger partial charge in [-0.05, 0) is 43.5 Å². The van der Waals surface area contributed by atoms with Gasteiger partial charge < -0.3 is 10.1 Å². The number of carbonyl (C=O) groups is 2. The number of hydrogen-bond acceptors (Lipinski definition) is 4. The van der Waals surface area contributed by atoms with Crippen molar-refractivity contribution >= 4 is 17.6 Å². The van der Waals surface area contributed by atoms with E-state index >= 15 is 0 Å². The smallest absolute Gasteiger partial charge is 0.339 e. The van der Waals surface area contributed by atoms with E-state index in [-0.39, 0.29) is 11.3 Å². The maximum atomic E-state index is 14.3. The number of ether oxygens (including phenoxy) is 1. The number of amides is 1. The molecule has 28 heavy (non-hydrogen) atoms. The van der Waals surface area contributed by atoms with Crippen LogP contribution in [0.1, 0.15) is 38.5 Å². The molecule has 1 amide bonds. The van der Waals surface area contributed by atoms with Gasteiger partial charge in [0.15, 0.2) is 5.69 Å². The van der Waals surface area contributed by atoms with E-state index in [4.69, 9.17) is 4.74 Å². The van der Waals surface area contributed by atoms with Gasteiger partial charge in [-0.25, -0.2) is 13.9 Å². The number of hydrogen-bond donors (Lipinski definition) is 1. The van der Waals surface area contributed by atoms with Gasteiger partial charge in [-0.1, -0.05) is 24.3 Å². The maximum Gasteiger partial charge on any atom is 0.339 e. The fourth-order valence-corrected chi connectivity index (χ4v) is 3.50. The van der Waals surface area contributed by atoms with Crippen LogP contribution >= 0.6 is 0 Å². The molecule has 3 aromatic rings. The number of benzene rings is 2. The maximum absolute atomic E-state index is 14.3. The molecule has 7 heteroatoms. The average molecular weight is 379 g/mol. The first-order valence-corrected chi connectivity index (χ1v) is 8.94. The molecule has 0 saturated heterocycles. The molecule has 0 aliphatic heterocycles. The Kier molecular flexibility index (Phi) is 4.65. The number of para-hydroxylation sites is 2. The SMILES string of the molecule is COC(=O)c1ccccc1NC(=O)c1nn(-c2ccccc2F)c2c1CCC2. The highest BCUT2D eigenvalue weighted by atomic mass is 19.1. The lowest BCUT2D eigenvalue weighted by atomic mass is 10.1. The van der Waals surface area contributed by atoms with Crippen molar-refractivity contribution in [3.05, 3.63) is 76.9 Å². The van der Waals surface area contributed by atoms with Gasteiger partial charge in [0.05, 0.1) is 18.4 Å². The molecule has 1 aliphatic carbocycles. The fraction of sp³-hybridized carbons (Fsp3) is 0.190. The number of nitrogens with zero attached hydrogens (tertiary/aromatic N) is 2. The molecule has 2 aromatic carbocycles. The first-order chi connectivity index (χ1) is 13.6. The fourth-order valence-electron chi connectivity index (χ4n) is 3.50. The van der Waals surface area contributed by atoms with Crippen molar-refractivity contribution < 1.29 is 18.7 Å². The zero-order valence-corrected chi connectivity index (χ0v) is 15.2. The summed E-state index contributed by atoms with van der Waals surface area (Å²) in [5, 5.41) is 7.14. The number of esters is 1. The monoisotopic (exact) mass is 379 g/mol. The first kappa shape index (κ1) is 17.9. The van der Waals surface area contributed by atoms with Crippen molar-refractivity contribution in [1.29, 1.82) is 0 Å². The van der Waals surface area contributed by atoms with E-state index in [0.29, 0.717) is 17.8 Å². The lowest BCUT2D eigenvalue weighted by Crippen LogP contribution is -2.17. The first-order valence-electron chi connectivity index (χ1n) is 8.94. The molecule has 1 N–H and O–H groups in total. The lowest BCUT2D eigenvalue weighted by Gasteiger charge is -2.09. The van der Waals surface area contributed by atoms with Crippen LogP contribution in [0.4, 0.5) is 10.1 Å². The number of anilines is 1. The minimum atomic E-state index is -0.544. The van der Waals surface area contributed by atoms with Crippen molar-refractivity contribution in [3.63, 3.8) is 0 Å². The molecule has 0 atom stereocenters. The van der Waals surface area contributed by atoms with Crippen molar-refractivity contribution in [2.24, 2.45) is 0 Å². The van der Waals surface area contributed by atoms with Crippen LogP contribution in [0.2, 0.25) is 0 Å². The molecular weight excluding hydrogens is 361 g/mol. The molecule has 0 spiro atoms. The number of rotatable bonds is 4. The zero-order valence-electron chi connectivity index (χ0n) is 15.2. The predicted octanol–water partition coefficient (Wildman–Crippen LogP) is 3.54. The molecule has 142 valence electrons. The Labute approximate surface area is 160 Å². The van der Waals surface area contributed by atoms with Gasteiger partial charge in [-0.2, -0.15) is 5.10 Å². The highest BCUT2D eigenvalue weighted by molar-refractivity contribution is 6.08. The van der Waals surface area contributed by atoms with Crippen LogP contribution in [0.5, 0.6) is 0 Å². The molecule has 0 bridgehead atoms. The Morgan fingerprint density at radius 2 is 1.86 bits per heavy atom. The number of fused-ring (bicyclic) bond motifs is 1. The van der Waals surface area contributed by atoms with Gasteiger partial charge >= 0.3 is 5.97 Å². The van der Waals surface area contributed by atoms with Gasteiger partial charge in [0.1, 0.15) is 11.5 Å². The Bertz CT molecular complexity index is 1070. The quantitative estimate of drug-likeness (QED) is 0.704. The van der Waals surface area contributed by atoms with Gasteiger partial charge in [-0.3, -0.25) is 4.79 Å². The van der Waals surface area contributed by atoms with Crippen molar-refractivity contribution in [2.45, 2.75) is 19.3 Å². The Morgan fingerprint density at radius 1 is 1.11 bits per heavy atom. The van der Waals surface area contributed by atoms with Crippen LogP contribution in [-0.4, -0.2) is 28.8 Å². The standard InChI is InChI=1S/C21H18FN3O3/c1-28-21(27)13-7-2-4-10-16(13)23-20(26)19-14-8-6-12-17(14)25(24-19)18-11-5-3-9-15(18)22/h2-5,7,9-11H,6,8,12H2,1H3,(H,23,26). The van der Waals surface area contributed by atoms with Crippen LogP contribution in [0.15, 0.2) is 48.5 Å². The minimum absolute atomic E-state index is 0.246. The molecule has 0 radical (unpaired) electrons. The van der Waals surface area contributed by atoms with Crippen LogP contribution in [0.3, 0.4) is 0 Å². The molecular formula is C21H18FN3O3. The second-order valence-electron chi connectivity index (χ2n) is 6.48. The summed E-state index contributed by atoms with van der Waals surface area (Å²) in [4.78, 5) is 24.9. The molecule has 6 nitrogen and oxygen atoms in total. The summed E-state index contributed by atoms with van der Waals surface area (Å²) in [7, 11) is 1.28. The second kappa shape index (κ2) is 7.26. The minimum Gasteiger partial charge on any atom is -0.465 e. The van der Waals surface area contributed by atoms with Crippen molar-refractivity contribution in [1.82, 2.24) is 9.78 Å². The number of carbonyl (C=O) groups excluding carboxylic acids is 2. The van der Waals surface area contributed by atoms with Crippen LogP contribution in [0, 0.1) is 5.82 Å². The number of halogens is 1. The lowest BCUT2D eigenvalue weighted by molar-refractivity contribution is 0.0602. The number of nitrogens with one attached hydrogen (secondary N) is 1.